The number of hydrogen-bond acceptors (Lipinski definition) is 4. The minimum absolute atomic E-state index is 0.0206. The molecule has 0 aromatic heterocycles. The molecule has 1 aliphatic rings. The van der Waals surface area contributed by atoms with E-state index in [0.717, 1.165) is 16.0 Å². The largest absolute Gasteiger partial charge is 0.457 e. The highest BCUT2D eigenvalue weighted by atomic mass is 35.5. The predicted octanol–water partition coefficient (Wildman–Crippen LogP) is 2.75. The van der Waals surface area contributed by atoms with Gasteiger partial charge in [0, 0.05) is 5.02 Å². The first kappa shape index (κ1) is 17.0. The fraction of sp³-hybridized carbons (Fsp3) is 0.167. The minimum atomic E-state index is -0.457. The van der Waals surface area contributed by atoms with Gasteiger partial charge in [-0.2, -0.15) is 0 Å². The van der Waals surface area contributed by atoms with Gasteiger partial charge in [0.15, 0.2) is 0 Å². The second-order valence-electron chi connectivity index (χ2n) is 5.54. The summed E-state index contributed by atoms with van der Waals surface area (Å²) in [6.07, 6.45) is 0. The third-order valence-corrected chi connectivity index (χ3v) is 3.96. The number of esters is 1. The number of amides is 3. The number of halogens is 1. The van der Waals surface area contributed by atoms with Crippen LogP contribution in [-0.2, 0) is 22.7 Å². The van der Waals surface area contributed by atoms with Crippen LogP contribution >= 0.6 is 11.6 Å². The Morgan fingerprint density at radius 1 is 1.12 bits per heavy atom. The summed E-state index contributed by atoms with van der Waals surface area (Å²) in [4.78, 5) is 36.3. The van der Waals surface area contributed by atoms with Gasteiger partial charge in [0.05, 0.1) is 18.7 Å². The fourth-order valence-electron chi connectivity index (χ4n) is 2.40. The van der Waals surface area contributed by atoms with Crippen molar-refractivity contribution in [1.82, 2.24) is 10.2 Å². The highest BCUT2D eigenvalue weighted by molar-refractivity contribution is 6.30. The number of carbonyl (C=O) groups excluding carboxylic acids is 3. The van der Waals surface area contributed by atoms with Gasteiger partial charge < -0.3 is 10.1 Å². The number of hydrogen-bond donors (Lipinski definition) is 1. The molecular weight excluding hydrogens is 344 g/mol. The highest BCUT2D eigenvalue weighted by Gasteiger charge is 2.28. The van der Waals surface area contributed by atoms with Crippen molar-refractivity contribution in [3.05, 3.63) is 70.2 Å². The third kappa shape index (κ3) is 4.16. The van der Waals surface area contributed by atoms with Crippen LogP contribution in [0.25, 0.3) is 0 Å². The lowest BCUT2D eigenvalue weighted by molar-refractivity contribution is -0.125. The standard InChI is InChI=1S/C18H15ClN2O4/c19-15-3-1-2-13(8-15)11-25-17(23)14-6-4-12(5-7-14)10-21-16(22)9-20-18(21)24/h1-8H,9-11H2,(H,20,24). The number of urea groups is 1. The lowest BCUT2D eigenvalue weighted by Gasteiger charge is -2.12. The Bertz CT molecular complexity index is 804. The molecule has 1 fully saturated rings. The number of nitrogens with one attached hydrogen (secondary N) is 1. The quantitative estimate of drug-likeness (QED) is 0.658. The van der Waals surface area contributed by atoms with Crippen molar-refractivity contribution in [2.24, 2.45) is 0 Å². The van der Waals surface area contributed by atoms with E-state index < -0.39 is 12.0 Å². The van der Waals surface area contributed by atoms with Crippen LogP contribution in [0.3, 0.4) is 0 Å². The van der Waals surface area contributed by atoms with Crippen molar-refractivity contribution < 1.29 is 19.1 Å². The van der Waals surface area contributed by atoms with Crippen LogP contribution in [0.1, 0.15) is 21.5 Å². The number of rotatable bonds is 5. The first-order valence-corrected chi connectivity index (χ1v) is 7.99. The number of nitrogens with zero attached hydrogens (tertiary/aromatic N) is 1. The fourth-order valence-corrected chi connectivity index (χ4v) is 2.62. The number of carbonyl (C=O) groups is 3. The Balaban J connectivity index is 1.59. The molecule has 0 atom stereocenters. The van der Waals surface area contributed by atoms with Gasteiger partial charge in [-0.1, -0.05) is 35.9 Å². The Kier molecular flexibility index (Phi) is 5.00. The molecule has 0 saturated carbocycles. The van der Waals surface area contributed by atoms with E-state index in [0.29, 0.717) is 10.6 Å². The van der Waals surface area contributed by atoms with Crippen LogP contribution in [0.5, 0.6) is 0 Å². The molecule has 0 radical (unpaired) electrons. The van der Waals surface area contributed by atoms with Crippen molar-refractivity contribution in [2.75, 3.05) is 6.54 Å². The smallest absolute Gasteiger partial charge is 0.338 e. The van der Waals surface area contributed by atoms with Gasteiger partial charge in [0.25, 0.3) is 0 Å². The Morgan fingerprint density at radius 3 is 2.52 bits per heavy atom. The van der Waals surface area contributed by atoms with Gasteiger partial charge >= 0.3 is 12.0 Å². The van der Waals surface area contributed by atoms with E-state index in [9.17, 15) is 14.4 Å². The van der Waals surface area contributed by atoms with Crippen molar-refractivity contribution in [3.63, 3.8) is 0 Å². The number of ether oxygens (including phenoxy) is 1. The van der Waals surface area contributed by atoms with Crippen molar-refractivity contribution >= 4 is 29.5 Å². The van der Waals surface area contributed by atoms with Gasteiger partial charge in [-0.25, -0.2) is 9.59 Å². The maximum atomic E-state index is 12.1. The van der Waals surface area contributed by atoms with E-state index in [1.165, 1.54) is 0 Å². The summed E-state index contributed by atoms with van der Waals surface area (Å²) in [6, 6.07) is 13.3. The second kappa shape index (κ2) is 7.36. The van der Waals surface area contributed by atoms with Crippen LogP contribution < -0.4 is 5.32 Å². The molecule has 7 heteroatoms. The van der Waals surface area contributed by atoms with Crippen LogP contribution in [0.15, 0.2) is 48.5 Å². The molecule has 3 rings (SSSR count). The zero-order chi connectivity index (χ0) is 17.8. The monoisotopic (exact) mass is 358 g/mol. The molecule has 128 valence electrons. The molecule has 6 nitrogen and oxygen atoms in total. The lowest BCUT2D eigenvalue weighted by atomic mass is 10.1. The topological polar surface area (TPSA) is 75.7 Å². The first-order valence-electron chi connectivity index (χ1n) is 7.61. The van der Waals surface area contributed by atoms with Crippen LogP contribution in [0, 0.1) is 0 Å². The summed E-state index contributed by atoms with van der Waals surface area (Å²) >= 11 is 5.89. The van der Waals surface area contributed by atoms with Gasteiger partial charge in [-0.3, -0.25) is 9.69 Å². The van der Waals surface area contributed by atoms with Crippen LogP contribution in [-0.4, -0.2) is 29.4 Å². The third-order valence-electron chi connectivity index (χ3n) is 3.73. The van der Waals surface area contributed by atoms with Gasteiger partial charge in [-0.05, 0) is 35.4 Å². The highest BCUT2D eigenvalue weighted by Crippen LogP contribution is 2.14. The minimum Gasteiger partial charge on any atom is -0.457 e. The van der Waals surface area contributed by atoms with E-state index in [-0.39, 0.29) is 25.6 Å². The van der Waals surface area contributed by atoms with E-state index in [2.05, 4.69) is 5.32 Å². The molecule has 25 heavy (non-hydrogen) atoms. The number of imide groups is 1. The SMILES string of the molecule is O=C(OCc1cccc(Cl)c1)c1ccc(CN2C(=O)CNC2=O)cc1. The molecule has 0 bridgehead atoms. The summed E-state index contributed by atoms with van der Waals surface area (Å²) < 4.78 is 5.25. The maximum absolute atomic E-state index is 12.1. The molecule has 1 saturated heterocycles. The van der Waals surface area contributed by atoms with Crippen molar-refractivity contribution in [1.29, 1.82) is 0 Å². The van der Waals surface area contributed by atoms with Gasteiger partial charge in [0.1, 0.15) is 6.61 Å². The average Bonchev–Trinajstić information content (AvgIpc) is 2.92. The van der Waals surface area contributed by atoms with E-state index in [4.69, 9.17) is 16.3 Å². The Morgan fingerprint density at radius 2 is 1.88 bits per heavy atom. The second-order valence-corrected chi connectivity index (χ2v) is 5.98. The molecular formula is C18H15ClN2O4. The summed E-state index contributed by atoms with van der Waals surface area (Å²) in [5, 5.41) is 3.04. The zero-order valence-electron chi connectivity index (χ0n) is 13.2. The average molecular weight is 359 g/mol. The van der Waals surface area contributed by atoms with E-state index in [1.54, 1.807) is 42.5 Å². The molecule has 0 unspecified atom stereocenters. The first-order chi connectivity index (χ1) is 12.0. The van der Waals surface area contributed by atoms with Crippen LogP contribution in [0.4, 0.5) is 4.79 Å². The molecule has 2 aromatic carbocycles. The summed E-state index contributed by atoms with van der Waals surface area (Å²) in [6.45, 7) is 0.318. The molecule has 0 aliphatic carbocycles. The van der Waals surface area contributed by atoms with Gasteiger partial charge in [-0.15, -0.1) is 0 Å². The molecule has 0 spiro atoms. The summed E-state index contributed by atoms with van der Waals surface area (Å²) in [7, 11) is 0. The molecule has 1 N–H and O–H groups in total. The Hall–Kier alpha value is -2.86. The zero-order valence-corrected chi connectivity index (χ0v) is 14.0. The molecule has 3 amide bonds. The molecule has 1 heterocycles. The maximum Gasteiger partial charge on any atom is 0.338 e. The summed E-state index contributed by atoms with van der Waals surface area (Å²) in [5.74, 6) is -0.725. The van der Waals surface area contributed by atoms with E-state index >= 15 is 0 Å². The predicted molar refractivity (Wildman–Crippen MR) is 91.0 cm³/mol. The van der Waals surface area contributed by atoms with Crippen molar-refractivity contribution in [3.8, 4) is 0 Å². The van der Waals surface area contributed by atoms with Crippen LogP contribution in [0.2, 0.25) is 5.02 Å². The lowest BCUT2D eigenvalue weighted by Crippen LogP contribution is -2.30. The summed E-state index contributed by atoms with van der Waals surface area (Å²) in [5.41, 5.74) is 1.94. The van der Waals surface area contributed by atoms with E-state index in [1.807, 2.05) is 6.07 Å². The normalized spacial score (nSPS) is 13.7. The number of benzene rings is 2. The van der Waals surface area contributed by atoms with Crippen molar-refractivity contribution in [2.45, 2.75) is 13.2 Å². The van der Waals surface area contributed by atoms with Gasteiger partial charge in [0.2, 0.25) is 5.91 Å². The molecule has 1 aliphatic heterocycles. The Labute approximate surface area is 149 Å². The molecule has 2 aromatic rings.